The Balaban J connectivity index is 2.64. The molecule has 18 heavy (non-hydrogen) atoms. The topological polar surface area (TPSA) is 131 Å². The van der Waals surface area contributed by atoms with Crippen LogP contribution in [0.2, 0.25) is 0 Å². The van der Waals surface area contributed by atoms with E-state index in [9.17, 15) is 0 Å². The largest absolute Gasteiger partial charge is 0.370 e. The lowest BCUT2D eigenvalue weighted by atomic mass is 10.2. The number of guanidine groups is 2. The van der Waals surface area contributed by atoms with Gasteiger partial charge in [0, 0.05) is 14.3 Å². The average molecular weight is 375 g/mol. The van der Waals surface area contributed by atoms with E-state index >= 15 is 0 Å². The van der Waals surface area contributed by atoms with Crippen molar-refractivity contribution in [3.8, 4) is 0 Å². The van der Waals surface area contributed by atoms with E-state index in [4.69, 9.17) is 17.2 Å². The minimum atomic E-state index is -0.145. The normalized spacial score (nSPS) is 11.8. The van der Waals surface area contributed by atoms with Crippen LogP contribution in [0.3, 0.4) is 0 Å². The van der Waals surface area contributed by atoms with Gasteiger partial charge in [-0.05, 0) is 37.9 Å². The first-order valence-electron chi connectivity index (χ1n) is 4.74. The molecule has 7 nitrogen and oxygen atoms in total. The molecule has 0 bridgehead atoms. The van der Waals surface area contributed by atoms with Crippen molar-refractivity contribution in [3.63, 3.8) is 0 Å². The van der Waals surface area contributed by atoms with E-state index in [0.717, 1.165) is 19.8 Å². The zero-order valence-corrected chi connectivity index (χ0v) is 12.2. The molecular weight excluding hydrogens is 366 g/mol. The van der Waals surface area contributed by atoms with Crippen molar-refractivity contribution in [3.05, 3.63) is 21.2 Å². The number of nitrogens with zero attached hydrogens (tertiary/aromatic N) is 3. The van der Waals surface area contributed by atoms with Gasteiger partial charge in [-0.25, -0.2) is 4.99 Å². The van der Waals surface area contributed by atoms with E-state index < -0.39 is 0 Å². The van der Waals surface area contributed by atoms with Crippen molar-refractivity contribution in [2.75, 3.05) is 0 Å². The van der Waals surface area contributed by atoms with Gasteiger partial charge < -0.3 is 17.2 Å². The number of aromatic nitrogens is 2. The highest BCUT2D eigenvalue weighted by molar-refractivity contribution is 9.11. The predicted molar refractivity (Wildman–Crippen MR) is 78.6 cm³/mol. The maximum Gasteiger partial charge on any atom is 0.223 e. The maximum atomic E-state index is 5.61. The number of aromatic amines is 1. The maximum absolute atomic E-state index is 5.61. The van der Waals surface area contributed by atoms with Crippen LogP contribution in [0.15, 0.2) is 31.2 Å². The molecule has 1 aromatic heterocycles. The van der Waals surface area contributed by atoms with Gasteiger partial charge in [-0.1, -0.05) is 0 Å². The summed E-state index contributed by atoms with van der Waals surface area (Å²) in [6, 6.07) is 1.84. The summed E-state index contributed by atoms with van der Waals surface area (Å²) in [4.78, 5) is 7.82. The van der Waals surface area contributed by atoms with E-state index in [1.807, 2.05) is 6.07 Å². The smallest absolute Gasteiger partial charge is 0.223 e. The molecule has 94 valence electrons. The van der Waals surface area contributed by atoms with Crippen LogP contribution in [0, 0.1) is 0 Å². The zero-order valence-electron chi connectivity index (χ0n) is 8.98. The van der Waals surface area contributed by atoms with Gasteiger partial charge in [-0.3, -0.25) is 5.10 Å². The van der Waals surface area contributed by atoms with E-state index in [2.05, 4.69) is 52.0 Å². The van der Waals surface area contributed by atoms with Crippen molar-refractivity contribution in [2.24, 2.45) is 27.2 Å². The summed E-state index contributed by atoms with van der Waals surface area (Å²) in [7, 11) is 0. The number of fused-ring (bicyclic) bond motifs is 1. The molecule has 7 N–H and O–H groups in total. The number of nitrogens with two attached hydrogens (primary N) is 3. The molecule has 0 aliphatic heterocycles. The second kappa shape index (κ2) is 4.94. The number of nitrogens with one attached hydrogen (secondary N) is 1. The first-order chi connectivity index (χ1) is 8.49. The molecule has 0 amide bonds. The highest BCUT2D eigenvalue weighted by Crippen LogP contribution is 2.37. The lowest BCUT2D eigenvalue weighted by Crippen LogP contribution is -2.26. The number of benzene rings is 1. The lowest BCUT2D eigenvalue weighted by molar-refractivity contribution is 1.12. The van der Waals surface area contributed by atoms with Crippen LogP contribution < -0.4 is 17.2 Å². The second-order valence-electron chi connectivity index (χ2n) is 3.35. The monoisotopic (exact) mass is 373 g/mol. The fourth-order valence-electron chi connectivity index (χ4n) is 1.41. The molecule has 2 aromatic rings. The molecule has 0 aliphatic carbocycles. The van der Waals surface area contributed by atoms with Gasteiger partial charge in [0.25, 0.3) is 0 Å². The molecule has 1 aromatic carbocycles. The van der Waals surface area contributed by atoms with Crippen LogP contribution in [-0.2, 0) is 0 Å². The molecule has 0 saturated heterocycles. The fraction of sp³-hybridized carbons (Fsp3) is 0. The summed E-state index contributed by atoms with van der Waals surface area (Å²) in [5, 5.41) is 7.61. The van der Waals surface area contributed by atoms with Crippen LogP contribution in [0.4, 0.5) is 5.69 Å². The molecule has 0 atom stereocenters. The summed E-state index contributed by atoms with van der Waals surface area (Å²) in [6.07, 6.45) is 1.65. The molecule has 0 fully saturated rings. The molecule has 1 heterocycles. The Morgan fingerprint density at radius 1 is 1.22 bits per heavy atom. The van der Waals surface area contributed by atoms with Crippen molar-refractivity contribution in [2.45, 2.75) is 0 Å². The van der Waals surface area contributed by atoms with Gasteiger partial charge >= 0.3 is 0 Å². The third kappa shape index (κ3) is 2.46. The van der Waals surface area contributed by atoms with Crippen LogP contribution in [0.1, 0.15) is 0 Å². The Hall–Kier alpha value is -1.61. The molecule has 0 saturated carbocycles. The fourth-order valence-corrected chi connectivity index (χ4v) is 2.78. The van der Waals surface area contributed by atoms with Gasteiger partial charge in [-0.2, -0.15) is 10.1 Å². The molecule has 9 heteroatoms. The van der Waals surface area contributed by atoms with Crippen LogP contribution >= 0.6 is 31.9 Å². The van der Waals surface area contributed by atoms with Gasteiger partial charge in [0.1, 0.15) is 0 Å². The third-order valence-electron chi connectivity index (χ3n) is 2.08. The summed E-state index contributed by atoms with van der Waals surface area (Å²) in [6.45, 7) is 0. The predicted octanol–water partition coefficient (Wildman–Crippen LogP) is 1.31. The number of H-pyrrole nitrogens is 1. The van der Waals surface area contributed by atoms with E-state index in [-0.39, 0.29) is 11.9 Å². The van der Waals surface area contributed by atoms with E-state index in [1.54, 1.807) is 6.20 Å². The van der Waals surface area contributed by atoms with Gasteiger partial charge in [0.05, 0.1) is 17.4 Å². The summed E-state index contributed by atoms with van der Waals surface area (Å²) < 4.78 is 1.61. The Morgan fingerprint density at radius 2 is 1.94 bits per heavy atom. The molecule has 0 radical (unpaired) electrons. The Bertz CT molecular complexity index is 654. The van der Waals surface area contributed by atoms with Crippen molar-refractivity contribution in [1.82, 2.24) is 10.2 Å². The van der Waals surface area contributed by atoms with E-state index in [1.165, 1.54) is 0 Å². The molecule has 0 unspecified atom stereocenters. The standard InChI is InChI=1S/C9H9Br2N7/c10-4-1-5(11)7-3(2-15-18-7)6(4)16-9(14)17-8(12)13/h1-2H,(H,15,18)(H6,12,13,14,16,17). The number of rotatable bonds is 1. The quantitative estimate of drug-likeness (QED) is 0.442. The number of hydrogen-bond donors (Lipinski definition) is 4. The highest BCUT2D eigenvalue weighted by atomic mass is 79.9. The van der Waals surface area contributed by atoms with Crippen molar-refractivity contribution >= 4 is 60.4 Å². The number of halogens is 2. The summed E-state index contributed by atoms with van der Waals surface area (Å²) in [5.41, 5.74) is 17.5. The van der Waals surface area contributed by atoms with Gasteiger partial charge in [0.2, 0.25) is 5.96 Å². The summed E-state index contributed by atoms with van der Waals surface area (Å²) in [5.74, 6) is -0.173. The Labute approximate surface area is 119 Å². The number of aliphatic imine (C=N–C) groups is 2. The Morgan fingerprint density at radius 3 is 2.61 bits per heavy atom. The molecule has 2 rings (SSSR count). The van der Waals surface area contributed by atoms with E-state index in [0.29, 0.717) is 5.69 Å². The minimum absolute atomic E-state index is 0.0273. The first-order valence-corrected chi connectivity index (χ1v) is 6.32. The number of hydrogen-bond acceptors (Lipinski definition) is 2. The van der Waals surface area contributed by atoms with Crippen molar-refractivity contribution in [1.29, 1.82) is 0 Å². The average Bonchev–Trinajstić information content (AvgIpc) is 2.72. The third-order valence-corrected chi connectivity index (χ3v) is 3.31. The molecule has 0 spiro atoms. The van der Waals surface area contributed by atoms with Gasteiger partial charge in [-0.15, -0.1) is 0 Å². The minimum Gasteiger partial charge on any atom is -0.370 e. The highest BCUT2D eigenvalue weighted by Gasteiger charge is 2.11. The van der Waals surface area contributed by atoms with Crippen LogP contribution in [0.5, 0.6) is 0 Å². The van der Waals surface area contributed by atoms with Crippen LogP contribution in [-0.4, -0.2) is 22.1 Å². The van der Waals surface area contributed by atoms with Crippen molar-refractivity contribution < 1.29 is 0 Å². The van der Waals surface area contributed by atoms with Crippen LogP contribution in [0.25, 0.3) is 10.9 Å². The lowest BCUT2D eigenvalue weighted by Gasteiger charge is -2.03. The summed E-state index contributed by atoms with van der Waals surface area (Å²) >= 11 is 6.82. The SMILES string of the molecule is NC(N)=NC(N)=Nc1c(Br)cc(Br)c2[nH]ncc12. The molecular formula is C9H9Br2N7. The Kier molecular flexibility index (Phi) is 3.53. The zero-order chi connectivity index (χ0) is 13.3. The molecule has 0 aliphatic rings. The second-order valence-corrected chi connectivity index (χ2v) is 5.06. The first kappa shape index (κ1) is 12.8. The van der Waals surface area contributed by atoms with Gasteiger partial charge in [0.15, 0.2) is 5.96 Å².